The number of hydrogen-bond donors (Lipinski definition) is 3. The van der Waals surface area contributed by atoms with Crippen molar-refractivity contribution >= 4 is 29.2 Å². The summed E-state index contributed by atoms with van der Waals surface area (Å²) in [5.74, 6) is 6.57. The van der Waals surface area contributed by atoms with Crippen LogP contribution in [-0.4, -0.2) is 33.4 Å². The average molecular weight is 272 g/mol. The Morgan fingerprint density at radius 2 is 2.33 bits per heavy atom. The van der Waals surface area contributed by atoms with E-state index in [2.05, 4.69) is 20.7 Å². The second-order valence-corrected chi connectivity index (χ2v) is 4.44. The third-order valence-electron chi connectivity index (χ3n) is 2.16. The minimum Gasteiger partial charge on any atom is -0.364 e. The van der Waals surface area contributed by atoms with Gasteiger partial charge in [0.15, 0.2) is 0 Å². The Balaban J connectivity index is 2.63. The maximum Gasteiger partial charge on any atom is 0.329 e. The van der Waals surface area contributed by atoms with Crippen molar-refractivity contribution in [2.24, 2.45) is 5.84 Å². The summed E-state index contributed by atoms with van der Waals surface area (Å²) in [4.78, 5) is 17.9. The molecule has 0 aliphatic carbocycles. The van der Waals surface area contributed by atoms with Crippen LogP contribution >= 0.6 is 11.8 Å². The first kappa shape index (κ1) is 14.5. The monoisotopic (exact) mass is 272 g/mol. The zero-order valence-electron chi connectivity index (χ0n) is 10.0. The molecule has 18 heavy (non-hydrogen) atoms. The molecule has 0 aromatic carbocycles. The first-order valence-corrected chi connectivity index (χ1v) is 6.79. The predicted octanol–water partition coefficient (Wildman–Crippen LogP) is 1.23. The van der Waals surface area contributed by atoms with Gasteiger partial charge < -0.3 is 5.32 Å². The molecule has 8 nitrogen and oxygen atoms in total. The van der Waals surface area contributed by atoms with E-state index < -0.39 is 4.92 Å². The van der Waals surface area contributed by atoms with E-state index in [0.29, 0.717) is 6.54 Å². The lowest BCUT2D eigenvalue weighted by Crippen LogP contribution is -2.13. The van der Waals surface area contributed by atoms with Crippen LogP contribution in [0.25, 0.3) is 0 Å². The van der Waals surface area contributed by atoms with Crippen LogP contribution in [0.3, 0.4) is 0 Å². The first-order valence-electron chi connectivity index (χ1n) is 5.40. The number of nitrogen functional groups attached to an aromatic ring is 1. The van der Waals surface area contributed by atoms with Crippen molar-refractivity contribution in [3.8, 4) is 0 Å². The van der Waals surface area contributed by atoms with E-state index in [9.17, 15) is 10.1 Å². The van der Waals surface area contributed by atoms with E-state index in [-0.39, 0.29) is 17.5 Å². The van der Waals surface area contributed by atoms with Crippen molar-refractivity contribution in [2.45, 2.75) is 12.8 Å². The molecule has 0 aliphatic heterocycles. The highest BCUT2D eigenvalue weighted by atomic mass is 32.2. The van der Waals surface area contributed by atoms with Gasteiger partial charge in [0.1, 0.15) is 6.20 Å². The zero-order chi connectivity index (χ0) is 13.4. The van der Waals surface area contributed by atoms with Gasteiger partial charge >= 0.3 is 5.69 Å². The number of aromatic nitrogens is 2. The van der Waals surface area contributed by atoms with Gasteiger partial charge in [0, 0.05) is 6.54 Å². The molecule has 0 spiro atoms. The maximum atomic E-state index is 10.8. The van der Waals surface area contributed by atoms with Gasteiger partial charge in [-0.05, 0) is 24.9 Å². The maximum absolute atomic E-state index is 10.8. The highest BCUT2D eigenvalue weighted by molar-refractivity contribution is 7.98. The summed E-state index contributed by atoms with van der Waals surface area (Å²) >= 11 is 1.77. The van der Waals surface area contributed by atoms with Crippen LogP contribution in [0.2, 0.25) is 0 Å². The molecule has 9 heteroatoms. The summed E-state index contributed by atoms with van der Waals surface area (Å²) < 4.78 is 0. The van der Waals surface area contributed by atoms with Gasteiger partial charge in [-0.2, -0.15) is 16.7 Å². The van der Waals surface area contributed by atoms with Crippen molar-refractivity contribution in [1.29, 1.82) is 0 Å². The molecule has 1 heterocycles. The van der Waals surface area contributed by atoms with Crippen molar-refractivity contribution in [3.63, 3.8) is 0 Å². The number of nitrogens with two attached hydrogens (primary N) is 1. The standard InChI is InChI=1S/C9H16N6O2S/c1-18-5-3-2-4-11-8-7(15(16)17)6-12-9(13-8)14-10/h6H,2-5,10H2,1H3,(H2,11,12,13,14). The molecule has 1 rings (SSSR count). The summed E-state index contributed by atoms with van der Waals surface area (Å²) in [6.45, 7) is 0.627. The highest BCUT2D eigenvalue weighted by Crippen LogP contribution is 2.21. The molecule has 1 aromatic rings. The minimum absolute atomic E-state index is 0.146. The second kappa shape index (κ2) is 7.67. The topological polar surface area (TPSA) is 119 Å². The van der Waals surface area contributed by atoms with Gasteiger partial charge in [0.25, 0.3) is 0 Å². The van der Waals surface area contributed by atoms with Crippen LogP contribution in [0.4, 0.5) is 17.5 Å². The van der Waals surface area contributed by atoms with E-state index in [4.69, 9.17) is 5.84 Å². The molecular weight excluding hydrogens is 256 g/mol. The number of anilines is 2. The van der Waals surface area contributed by atoms with Crippen LogP contribution in [0.1, 0.15) is 12.8 Å². The molecule has 100 valence electrons. The molecule has 1 aromatic heterocycles. The van der Waals surface area contributed by atoms with E-state index in [1.165, 1.54) is 0 Å². The zero-order valence-corrected chi connectivity index (χ0v) is 10.9. The molecule has 0 radical (unpaired) electrons. The Morgan fingerprint density at radius 3 is 2.94 bits per heavy atom. The van der Waals surface area contributed by atoms with Gasteiger partial charge in [-0.1, -0.05) is 0 Å². The second-order valence-electron chi connectivity index (χ2n) is 3.46. The minimum atomic E-state index is -0.523. The van der Waals surface area contributed by atoms with E-state index in [1.54, 1.807) is 11.8 Å². The number of thioether (sulfide) groups is 1. The van der Waals surface area contributed by atoms with Crippen LogP contribution in [0.5, 0.6) is 0 Å². The predicted molar refractivity (Wildman–Crippen MR) is 72.6 cm³/mol. The summed E-state index contributed by atoms with van der Waals surface area (Å²) in [7, 11) is 0. The molecule has 0 fully saturated rings. The quantitative estimate of drug-likeness (QED) is 0.280. The van der Waals surface area contributed by atoms with Gasteiger partial charge in [-0.25, -0.2) is 10.8 Å². The van der Waals surface area contributed by atoms with E-state index >= 15 is 0 Å². The fourth-order valence-electron chi connectivity index (χ4n) is 1.29. The number of nitrogens with one attached hydrogen (secondary N) is 2. The summed E-state index contributed by atoms with van der Waals surface area (Å²) in [5, 5.41) is 13.7. The lowest BCUT2D eigenvalue weighted by Gasteiger charge is -2.06. The van der Waals surface area contributed by atoms with Crippen LogP contribution in [0, 0.1) is 10.1 Å². The van der Waals surface area contributed by atoms with Crippen molar-refractivity contribution in [2.75, 3.05) is 29.3 Å². The molecule has 4 N–H and O–H groups in total. The molecule has 0 bridgehead atoms. The molecule has 0 unspecified atom stereocenters. The summed E-state index contributed by atoms with van der Waals surface area (Å²) in [6.07, 6.45) is 5.15. The molecule has 0 aliphatic rings. The SMILES string of the molecule is CSCCCCNc1nc(NN)ncc1[N+](=O)[O-]. The Kier molecular flexibility index (Phi) is 6.15. The molecule has 0 saturated heterocycles. The average Bonchev–Trinajstić information content (AvgIpc) is 2.38. The molecule has 0 amide bonds. The van der Waals surface area contributed by atoms with E-state index in [0.717, 1.165) is 24.8 Å². The van der Waals surface area contributed by atoms with Crippen molar-refractivity contribution < 1.29 is 4.92 Å². The fraction of sp³-hybridized carbons (Fsp3) is 0.556. The Labute approximate surface area is 109 Å². The Hall–Kier alpha value is -1.61. The number of unbranched alkanes of at least 4 members (excludes halogenated alkanes) is 1. The lowest BCUT2D eigenvalue weighted by molar-refractivity contribution is -0.384. The van der Waals surface area contributed by atoms with Gasteiger partial charge in [-0.3, -0.25) is 15.5 Å². The van der Waals surface area contributed by atoms with Crippen LogP contribution in [0.15, 0.2) is 6.20 Å². The molecular formula is C9H16N6O2S. The van der Waals surface area contributed by atoms with Gasteiger partial charge in [-0.15, -0.1) is 0 Å². The first-order chi connectivity index (χ1) is 8.69. The lowest BCUT2D eigenvalue weighted by atomic mass is 10.3. The Bertz CT molecular complexity index is 403. The Morgan fingerprint density at radius 1 is 1.56 bits per heavy atom. The van der Waals surface area contributed by atoms with Gasteiger partial charge in [0.05, 0.1) is 4.92 Å². The molecule has 0 atom stereocenters. The number of nitro groups is 1. The fourth-order valence-corrected chi connectivity index (χ4v) is 1.78. The number of hydrazine groups is 1. The van der Waals surface area contributed by atoms with Gasteiger partial charge in [0.2, 0.25) is 11.8 Å². The smallest absolute Gasteiger partial charge is 0.329 e. The van der Waals surface area contributed by atoms with E-state index in [1.807, 2.05) is 6.26 Å². The normalized spacial score (nSPS) is 10.1. The van der Waals surface area contributed by atoms with Crippen LogP contribution in [-0.2, 0) is 0 Å². The third kappa shape index (κ3) is 4.34. The number of nitrogens with zero attached hydrogens (tertiary/aromatic N) is 3. The number of rotatable bonds is 8. The summed E-state index contributed by atoms with van der Waals surface area (Å²) in [6, 6.07) is 0. The van der Waals surface area contributed by atoms with Crippen molar-refractivity contribution in [1.82, 2.24) is 9.97 Å². The van der Waals surface area contributed by atoms with Crippen LogP contribution < -0.4 is 16.6 Å². The summed E-state index contributed by atoms with van der Waals surface area (Å²) in [5.41, 5.74) is 2.10. The third-order valence-corrected chi connectivity index (χ3v) is 2.86. The largest absolute Gasteiger partial charge is 0.364 e. The molecule has 0 saturated carbocycles. The number of hydrogen-bond acceptors (Lipinski definition) is 8. The highest BCUT2D eigenvalue weighted by Gasteiger charge is 2.16. The van der Waals surface area contributed by atoms with Crippen molar-refractivity contribution in [3.05, 3.63) is 16.3 Å².